The van der Waals surface area contributed by atoms with Crippen molar-refractivity contribution in [2.75, 3.05) is 31.1 Å². The molecular formula is C15H19N3. The Morgan fingerprint density at radius 2 is 1.89 bits per heavy atom. The highest BCUT2D eigenvalue weighted by Gasteiger charge is 2.14. The topological polar surface area (TPSA) is 28.2 Å². The number of nitrogens with one attached hydrogen (secondary N) is 1. The molecule has 0 spiro atoms. The maximum absolute atomic E-state index is 4.63. The molecule has 18 heavy (non-hydrogen) atoms. The number of pyridine rings is 1. The number of nitrogens with zero attached hydrogens (tertiary/aromatic N) is 2. The summed E-state index contributed by atoms with van der Waals surface area (Å²) in [6, 6.07) is 8.73. The molecule has 3 heteroatoms. The van der Waals surface area contributed by atoms with Crippen molar-refractivity contribution < 1.29 is 0 Å². The van der Waals surface area contributed by atoms with E-state index < -0.39 is 0 Å². The molecule has 1 aromatic carbocycles. The van der Waals surface area contributed by atoms with Crippen LogP contribution >= 0.6 is 0 Å². The lowest BCUT2D eigenvalue weighted by Gasteiger charge is -2.30. The average Bonchev–Trinajstić information content (AvgIpc) is 2.39. The van der Waals surface area contributed by atoms with Gasteiger partial charge in [0.05, 0.1) is 5.52 Å². The van der Waals surface area contributed by atoms with Gasteiger partial charge < -0.3 is 10.2 Å². The minimum Gasteiger partial charge on any atom is -0.368 e. The number of rotatable bonds is 1. The minimum absolute atomic E-state index is 1.06. The number of aromatic nitrogens is 1. The molecule has 1 aliphatic heterocycles. The van der Waals surface area contributed by atoms with Gasteiger partial charge in [0.2, 0.25) is 0 Å². The highest BCUT2D eigenvalue weighted by Crippen LogP contribution is 2.27. The van der Waals surface area contributed by atoms with Gasteiger partial charge >= 0.3 is 0 Å². The largest absolute Gasteiger partial charge is 0.368 e. The molecule has 0 aliphatic carbocycles. The van der Waals surface area contributed by atoms with Crippen molar-refractivity contribution in [3.05, 3.63) is 35.5 Å². The van der Waals surface area contributed by atoms with Crippen molar-refractivity contribution in [2.24, 2.45) is 0 Å². The molecule has 2 aromatic rings. The Hall–Kier alpha value is -1.61. The molecule has 1 saturated heterocycles. The molecule has 1 N–H and O–H groups in total. The van der Waals surface area contributed by atoms with Crippen molar-refractivity contribution in [1.82, 2.24) is 10.3 Å². The van der Waals surface area contributed by atoms with Crippen LogP contribution in [0.5, 0.6) is 0 Å². The third-order valence-corrected chi connectivity index (χ3v) is 3.53. The van der Waals surface area contributed by atoms with Crippen LogP contribution in [0.1, 0.15) is 11.3 Å². The first-order chi connectivity index (χ1) is 8.74. The lowest BCUT2D eigenvalue weighted by molar-refractivity contribution is 0.590. The standard InChI is InChI=1S/C15H19N3/c1-11-3-4-14-13(9-11)15(10-12(2)17-14)18-7-5-16-6-8-18/h3-4,9-10,16H,5-8H2,1-2H3. The van der Waals surface area contributed by atoms with Crippen molar-refractivity contribution in [3.8, 4) is 0 Å². The molecule has 0 radical (unpaired) electrons. The Labute approximate surface area is 108 Å². The molecule has 0 amide bonds. The van der Waals surface area contributed by atoms with Gasteiger partial charge in [0.1, 0.15) is 0 Å². The summed E-state index contributed by atoms with van der Waals surface area (Å²) >= 11 is 0. The molecule has 0 unspecified atom stereocenters. The zero-order valence-corrected chi connectivity index (χ0v) is 11.0. The first kappa shape index (κ1) is 11.5. The third kappa shape index (κ3) is 2.06. The van der Waals surface area contributed by atoms with Crippen LogP contribution in [0.25, 0.3) is 10.9 Å². The van der Waals surface area contributed by atoms with Gasteiger partial charge in [-0.2, -0.15) is 0 Å². The minimum atomic E-state index is 1.06. The summed E-state index contributed by atoms with van der Waals surface area (Å²) < 4.78 is 0. The van der Waals surface area contributed by atoms with Crippen LogP contribution in [-0.2, 0) is 0 Å². The molecular weight excluding hydrogens is 222 g/mol. The second kappa shape index (κ2) is 4.58. The van der Waals surface area contributed by atoms with Crippen molar-refractivity contribution in [1.29, 1.82) is 0 Å². The van der Waals surface area contributed by atoms with E-state index in [1.807, 2.05) is 0 Å². The number of aryl methyl sites for hydroxylation is 2. The fourth-order valence-corrected chi connectivity index (χ4v) is 2.62. The maximum atomic E-state index is 4.63. The summed E-state index contributed by atoms with van der Waals surface area (Å²) in [4.78, 5) is 7.10. The third-order valence-electron chi connectivity index (χ3n) is 3.53. The molecule has 0 atom stereocenters. The van der Waals surface area contributed by atoms with Crippen LogP contribution < -0.4 is 10.2 Å². The number of benzene rings is 1. The first-order valence-electron chi connectivity index (χ1n) is 6.58. The van der Waals surface area contributed by atoms with Gasteiger partial charge in [0, 0.05) is 42.9 Å². The zero-order chi connectivity index (χ0) is 12.5. The van der Waals surface area contributed by atoms with Gasteiger partial charge in [-0.05, 0) is 32.0 Å². The van der Waals surface area contributed by atoms with Crippen LogP contribution in [0.4, 0.5) is 5.69 Å². The van der Waals surface area contributed by atoms with E-state index in [1.165, 1.54) is 16.6 Å². The van der Waals surface area contributed by atoms with Crippen molar-refractivity contribution in [2.45, 2.75) is 13.8 Å². The Kier molecular flexibility index (Phi) is 2.92. The lowest BCUT2D eigenvalue weighted by atomic mass is 10.1. The lowest BCUT2D eigenvalue weighted by Crippen LogP contribution is -2.43. The molecule has 1 aromatic heterocycles. The van der Waals surface area contributed by atoms with E-state index in [0.717, 1.165) is 37.4 Å². The normalized spacial score (nSPS) is 16.2. The van der Waals surface area contributed by atoms with Crippen molar-refractivity contribution in [3.63, 3.8) is 0 Å². The molecule has 1 aliphatic rings. The second-order valence-corrected chi connectivity index (χ2v) is 5.04. The van der Waals surface area contributed by atoms with Gasteiger partial charge in [-0.15, -0.1) is 0 Å². The SMILES string of the molecule is Cc1ccc2nc(C)cc(N3CCNCC3)c2c1. The van der Waals surface area contributed by atoms with Gasteiger partial charge in [-0.3, -0.25) is 4.98 Å². The van der Waals surface area contributed by atoms with Crippen LogP contribution in [0.2, 0.25) is 0 Å². The molecule has 3 rings (SSSR count). The first-order valence-corrected chi connectivity index (χ1v) is 6.58. The highest BCUT2D eigenvalue weighted by molar-refractivity contribution is 5.92. The summed E-state index contributed by atoms with van der Waals surface area (Å²) in [7, 11) is 0. The summed E-state index contributed by atoms with van der Waals surface area (Å²) in [5.74, 6) is 0. The molecule has 2 heterocycles. The van der Waals surface area contributed by atoms with Gasteiger partial charge in [0.25, 0.3) is 0 Å². The quantitative estimate of drug-likeness (QED) is 0.830. The Morgan fingerprint density at radius 3 is 2.67 bits per heavy atom. The van der Waals surface area contributed by atoms with E-state index in [9.17, 15) is 0 Å². The maximum Gasteiger partial charge on any atom is 0.0726 e. The smallest absolute Gasteiger partial charge is 0.0726 e. The molecule has 0 saturated carbocycles. The summed E-state index contributed by atoms with van der Waals surface area (Å²) in [6.45, 7) is 8.49. The van der Waals surface area contributed by atoms with Crippen LogP contribution in [0.3, 0.4) is 0 Å². The van der Waals surface area contributed by atoms with E-state index in [1.54, 1.807) is 0 Å². The van der Waals surface area contributed by atoms with Gasteiger partial charge in [0.15, 0.2) is 0 Å². The van der Waals surface area contributed by atoms with Crippen LogP contribution in [-0.4, -0.2) is 31.2 Å². The van der Waals surface area contributed by atoms with E-state index >= 15 is 0 Å². The molecule has 1 fully saturated rings. The highest BCUT2D eigenvalue weighted by atomic mass is 15.2. The van der Waals surface area contributed by atoms with Crippen LogP contribution in [0, 0.1) is 13.8 Å². The number of hydrogen-bond donors (Lipinski definition) is 1. The van der Waals surface area contributed by atoms with E-state index in [2.05, 4.69) is 53.3 Å². The van der Waals surface area contributed by atoms with Crippen molar-refractivity contribution >= 4 is 16.6 Å². The van der Waals surface area contributed by atoms with Gasteiger partial charge in [-0.25, -0.2) is 0 Å². The monoisotopic (exact) mass is 241 g/mol. The number of piperazine rings is 1. The Bertz CT molecular complexity index is 571. The fraction of sp³-hybridized carbons (Fsp3) is 0.400. The van der Waals surface area contributed by atoms with E-state index in [0.29, 0.717) is 0 Å². The average molecular weight is 241 g/mol. The summed E-state index contributed by atoms with van der Waals surface area (Å²) in [5.41, 5.74) is 4.83. The second-order valence-electron chi connectivity index (χ2n) is 5.04. The Balaban J connectivity index is 2.16. The Morgan fingerprint density at radius 1 is 1.11 bits per heavy atom. The number of hydrogen-bond acceptors (Lipinski definition) is 3. The predicted octanol–water partition coefficient (Wildman–Crippen LogP) is 2.26. The fourth-order valence-electron chi connectivity index (χ4n) is 2.62. The molecule has 94 valence electrons. The number of anilines is 1. The molecule has 3 nitrogen and oxygen atoms in total. The molecule has 0 bridgehead atoms. The predicted molar refractivity (Wildman–Crippen MR) is 76.3 cm³/mol. The summed E-state index contributed by atoms with van der Waals surface area (Å²) in [6.07, 6.45) is 0. The zero-order valence-electron chi connectivity index (χ0n) is 11.0. The van der Waals surface area contributed by atoms with E-state index in [4.69, 9.17) is 0 Å². The number of fused-ring (bicyclic) bond motifs is 1. The van der Waals surface area contributed by atoms with Crippen LogP contribution in [0.15, 0.2) is 24.3 Å². The van der Waals surface area contributed by atoms with E-state index in [-0.39, 0.29) is 0 Å². The van der Waals surface area contributed by atoms with Gasteiger partial charge in [-0.1, -0.05) is 11.6 Å². The summed E-state index contributed by atoms with van der Waals surface area (Å²) in [5, 5.41) is 4.68.